The number of aliphatic hydroxyl groups excluding tert-OH is 2. The third kappa shape index (κ3) is 56.0. The number of esters is 1. The lowest BCUT2D eigenvalue weighted by atomic mass is 10.0. The first-order chi connectivity index (χ1) is 34.0. The van der Waals surface area contributed by atoms with Gasteiger partial charge >= 0.3 is 5.97 Å². The topological polar surface area (TPSA) is 95.9 Å². The molecule has 0 saturated heterocycles. The van der Waals surface area contributed by atoms with Gasteiger partial charge in [0.1, 0.15) is 0 Å². The third-order valence-electron chi connectivity index (χ3n) is 15.2. The van der Waals surface area contributed by atoms with Crippen LogP contribution in [-0.2, 0) is 14.3 Å². The number of unbranched alkanes of at least 4 members (excludes halogenated alkanes) is 49. The summed E-state index contributed by atoms with van der Waals surface area (Å²) in [7, 11) is 0. The van der Waals surface area contributed by atoms with Crippen LogP contribution >= 0.6 is 0 Å². The molecule has 0 aliphatic heterocycles. The van der Waals surface area contributed by atoms with Crippen molar-refractivity contribution < 1.29 is 24.5 Å². The zero-order valence-corrected chi connectivity index (χ0v) is 47.1. The van der Waals surface area contributed by atoms with Crippen LogP contribution in [0.3, 0.4) is 0 Å². The Morgan fingerprint density at radius 1 is 0.348 bits per heavy atom. The quantitative estimate of drug-likeness (QED) is 0.0417. The molecule has 2 atom stereocenters. The number of nitrogens with one attached hydrogen (secondary N) is 1. The lowest BCUT2D eigenvalue weighted by Crippen LogP contribution is -2.45. The van der Waals surface area contributed by atoms with Gasteiger partial charge in [-0.05, 0) is 25.7 Å². The molecule has 412 valence electrons. The van der Waals surface area contributed by atoms with Gasteiger partial charge in [-0.15, -0.1) is 0 Å². The van der Waals surface area contributed by atoms with E-state index in [1.54, 1.807) is 0 Å². The van der Waals surface area contributed by atoms with Crippen LogP contribution in [0.2, 0.25) is 0 Å². The molecule has 6 nitrogen and oxygen atoms in total. The number of carbonyl (C=O) groups is 2. The van der Waals surface area contributed by atoms with E-state index >= 15 is 0 Å². The highest BCUT2D eigenvalue weighted by Crippen LogP contribution is 2.19. The number of rotatable bonds is 60. The molecular formula is C63H125NO5. The van der Waals surface area contributed by atoms with Crippen LogP contribution in [0.15, 0.2) is 0 Å². The predicted molar refractivity (Wildman–Crippen MR) is 301 cm³/mol. The average Bonchev–Trinajstić information content (AvgIpc) is 3.35. The normalized spacial score (nSPS) is 12.5. The molecule has 0 aromatic rings. The van der Waals surface area contributed by atoms with Crippen LogP contribution in [-0.4, -0.2) is 47.4 Å². The minimum atomic E-state index is -0.660. The van der Waals surface area contributed by atoms with Gasteiger partial charge in [-0.3, -0.25) is 9.59 Å². The Morgan fingerprint density at radius 3 is 0.884 bits per heavy atom. The maximum absolute atomic E-state index is 12.5. The molecule has 3 N–H and O–H groups in total. The SMILES string of the molecule is CCCCCCCCCCCCCCCC(=O)OCCCCCCCCCCCCCCCCCCCCCCCCCCCCCC(=O)NC(CO)C(O)CCCCCCCCCCCCCC. The second-order valence-corrected chi connectivity index (χ2v) is 22.1. The summed E-state index contributed by atoms with van der Waals surface area (Å²) in [4.78, 5) is 24.5. The Hall–Kier alpha value is -1.14. The Labute approximate surface area is 432 Å². The first-order valence-electron chi connectivity index (χ1n) is 31.8. The van der Waals surface area contributed by atoms with Gasteiger partial charge in [0.15, 0.2) is 0 Å². The van der Waals surface area contributed by atoms with Gasteiger partial charge in [0.2, 0.25) is 5.91 Å². The molecule has 0 fully saturated rings. The molecule has 0 aliphatic carbocycles. The third-order valence-corrected chi connectivity index (χ3v) is 15.2. The largest absolute Gasteiger partial charge is 0.466 e. The number of ether oxygens (including phenoxy) is 1. The molecular weight excluding hydrogens is 851 g/mol. The van der Waals surface area contributed by atoms with Crippen LogP contribution in [0.5, 0.6) is 0 Å². The summed E-state index contributed by atoms with van der Waals surface area (Å²) in [5.41, 5.74) is 0. The summed E-state index contributed by atoms with van der Waals surface area (Å²) in [5.74, 6) is -0.00999. The molecule has 0 aromatic heterocycles. The molecule has 0 saturated carbocycles. The van der Waals surface area contributed by atoms with E-state index in [2.05, 4.69) is 19.2 Å². The Kier molecular flexibility index (Phi) is 58.4. The summed E-state index contributed by atoms with van der Waals surface area (Å²) >= 11 is 0. The van der Waals surface area contributed by atoms with Crippen LogP contribution in [0.25, 0.3) is 0 Å². The van der Waals surface area contributed by atoms with Gasteiger partial charge in [-0.1, -0.05) is 328 Å². The van der Waals surface area contributed by atoms with Crippen LogP contribution in [0.1, 0.15) is 367 Å². The first kappa shape index (κ1) is 67.9. The molecule has 2 unspecified atom stereocenters. The fourth-order valence-electron chi connectivity index (χ4n) is 10.3. The van der Waals surface area contributed by atoms with Gasteiger partial charge in [0, 0.05) is 12.8 Å². The number of amides is 1. The second kappa shape index (κ2) is 59.4. The van der Waals surface area contributed by atoms with Crippen LogP contribution < -0.4 is 5.32 Å². The van der Waals surface area contributed by atoms with Crippen molar-refractivity contribution in [3.8, 4) is 0 Å². The minimum absolute atomic E-state index is 0.0204. The number of hydrogen-bond donors (Lipinski definition) is 3. The monoisotopic (exact) mass is 976 g/mol. The fraction of sp³-hybridized carbons (Fsp3) is 0.968. The van der Waals surface area contributed by atoms with Crippen molar-refractivity contribution in [2.75, 3.05) is 13.2 Å². The van der Waals surface area contributed by atoms with Crippen molar-refractivity contribution in [3.63, 3.8) is 0 Å². The van der Waals surface area contributed by atoms with Crippen molar-refractivity contribution in [2.45, 2.75) is 379 Å². The summed E-state index contributed by atoms with van der Waals surface area (Å²) in [6.07, 6.45) is 69.9. The van der Waals surface area contributed by atoms with E-state index in [9.17, 15) is 19.8 Å². The van der Waals surface area contributed by atoms with E-state index in [0.29, 0.717) is 25.9 Å². The van der Waals surface area contributed by atoms with Crippen molar-refractivity contribution >= 4 is 11.9 Å². The predicted octanol–water partition coefficient (Wildman–Crippen LogP) is 19.9. The smallest absolute Gasteiger partial charge is 0.305 e. The van der Waals surface area contributed by atoms with E-state index < -0.39 is 12.1 Å². The van der Waals surface area contributed by atoms with Crippen molar-refractivity contribution in [1.82, 2.24) is 5.32 Å². The first-order valence-corrected chi connectivity index (χ1v) is 31.8. The van der Waals surface area contributed by atoms with E-state index in [1.165, 1.54) is 295 Å². The van der Waals surface area contributed by atoms with E-state index in [4.69, 9.17) is 4.74 Å². The molecule has 0 aliphatic rings. The number of aliphatic hydroxyl groups is 2. The van der Waals surface area contributed by atoms with Crippen molar-refractivity contribution in [3.05, 3.63) is 0 Å². The van der Waals surface area contributed by atoms with E-state index in [1.807, 2.05) is 0 Å². The number of hydrogen-bond acceptors (Lipinski definition) is 5. The Balaban J connectivity index is 3.31. The number of carbonyl (C=O) groups excluding carboxylic acids is 2. The van der Waals surface area contributed by atoms with Crippen molar-refractivity contribution in [2.24, 2.45) is 0 Å². The molecule has 0 bridgehead atoms. The molecule has 0 spiro atoms. The highest BCUT2D eigenvalue weighted by Gasteiger charge is 2.20. The zero-order chi connectivity index (χ0) is 50.0. The Morgan fingerprint density at radius 2 is 0.594 bits per heavy atom. The van der Waals surface area contributed by atoms with E-state index in [0.717, 1.165) is 38.5 Å². The molecule has 69 heavy (non-hydrogen) atoms. The highest BCUT2D eigenvalue weighted by molar-refractivity contribution is 5.76. The summed E-state index contributed by atoms with van der Waals surface area (Å²) in [6.45, 7) is 4.98. The van der Waals surface area contributed by atoms with Crippen LogP contribution in [0.4, 0.5) is 0 Å². The fourth-order valence-corrected chi connectivity index (χ4v) is 10.3. The maximum Gasteiger partial charge on any atom is 0.305 e. The highest BCUT2D eigenvalue weighted by atomic mass is 16.5. The lowest BCUT2D eigenvalue weighted by Gasteiger charge is -2.22. The standard InChI is InChI=1S/C63H125NO5/c1-3-5-7-9-11-13-15-32-37-41-45-49-53-57-63(68)69-58-54-50-46-42-38-34-31-29-27-25-23-21-19-17-18-20-22-24-26-28-30-33-36-40-44-48-52-56-62(67)64-60(59-65)61(66)55-51-47-43-39-35-16-14-12-10-8-6-4-2/h60-61,65-66H,3-59H2,1-2H3,(H,64,67). The molecule has 0 aromatic carbocycles. The van der Waals surface area contributed by atoms with Gasteiger partial charge in [0.05, 0.1) is 25.4 Å². The molecule has 6 heteroatoms. The molecule has 1 amide bonds. The summed E-state index contributed by atoms with van der Waals surface area (Å²) in [6, 6.07) is -0.537. The van der Waals surface area contributed by atoms with Gasteiger partial charge in [0.25, 0.3) is 0 Å². The summed E-state index contributed by atoms with van der Waals surface area (Å²) in [5, 5.41) is 23.2. The molecule has 0 radical (unpaired) electrons. The maximum atomic E-state index is 12.5. The van der Waals surface area contributed by atoms with Gasteiger partial charge in [-0.25, -0.2) is 0 Å². The average molecular weight is 977 g/mol. The molecule has 0 rings (SSSR count). The summed E-state index contributed by atoms with van der Waals surface area (Å²) < 4.78 is 5.49. The lowest BCUT2D eigenvalue weighted by molar-refractivity contribution is -0.143. The Bertz CT molecular complexity index is 990. The van der Waals surface area contributed by atoms with Gasteiger partial charge < -0.3 is 20.3 Å². The molecule has 0 heterocycles. The van der Waals surface area contributed by atoms with Crippen molar-refractivity contribution in [1.29, 1.82) is 0 Å². The van der Waals surface area contributed by atoms with Crippen LogP contribution in [0, 0.1) is 0 Å². The minimum Gasteiger partial charge on any atom is -0.466 e. The van der Waals surface area contributed by atoms with Gasteiger partial charge in [-0.2, -0.15) is 0 Å². The van der Waals surface area contributed by atoms with E-state index in [-0.39, 0.29) is 18.5 Å². The zero-order valence-electron chi connectivity index (χ0n) is 47.1. The second-order valence-electron chi connectivity index (χ2n) is 22.1.